The average Bonchev–Trinajstić information content (AvgIpc) is 3.08. The molecule has 0 amide bonds. The smallest absolute Gasteiger partial charge is 0.152 e. The van der Waals surface area contributed by atoms with Crippen molar-refractivity contribution in [3.8, 4) is 0 Å². The number of para-hydroxylation sites is 1. The standard InChI is InChI=1S/C20H20N4O/c1-25-12-15(11-14-7-3-2-4-8-14)24-13-22-18-19(24)16-9-5-6-10-17(16)23-20(18)21/h2-10,13,15H,11-12H2,1H3,(H2,21,23). The number of aromatic nitrogens is 3. The van der Waals surface area contributed by atoms with Crippen LogP contribution < -0.4 is 5.73 Å². The first kappa shape index (κ1) is 15.6. The molecule has 1 unspecified atom stereocenters. The first-order valence-electron chi connectivity index (χ1n) is 8.31. The van der Waals surface area contributed by atoms with Gasteiger partial charge in [0.2, 0.25) is 0 Å². The first-order chi connectivity index (χ1) is 12.3. The Balaban J connectivity index is 1.88. The SMILES string of the molecule is COCC(Cc1ccccc1)n1cnc2c(N)nc3ccccc3c21. The first-order valence-corrected chi connectivity index (χ1v) is 8.31. The number of hydrogen-bond acceptors (Lipinski definition) is 4. The van der Waals surface area contributed by atoms with Gasteiger partial charge in [0.25, 0.3) is 0 Å². The lowest BCUT2D eigenvalue weighted by Crippen LogP contribution is -2.17. The molecule has 1 atom stereocenters. The second kappa shape index (κ2) is 6.53. The second-order valence-corrected chi connectivity index (χ2v) is 6.16. The molecule has 5 nitrogen and oxygen atoms in total. The molecule has 126 valence electrons. The zero-order chi connectivity index (χ0) is 17.2. The van der Waals surface area contributed by atoms with E-state index in [4.69, 9.17) is 10.5 Å². The zero-order valence-electron chi connectivity index (χ0n) is 14.1. The van der Waals surface area contributed by atoms with Gasteiger partial charge in [-0.3, -0.25) is 0 Å². The highest BCUT2D eigenvalue weighted by Gasteiger charge is 2.18. The third-order valence-electron chi connectivity index (χ3n) is 4.50. The molecule has 0 aliphatic rings. The van der Waals surface area contributed by atoms with Crippen LogP contribution in [-0.4, -0.2) is 28.3 Å². The Labute approximate surface area is 146 Å². The highest BCUT2D eigenvalue weighted by molar-refractivity contribution is 6.06. The largest absolute Gasteiger partial charge is 0.383 e. The second-order valence-electron chi connectivity index (χ2n) is 6.16. The van der Waals surface area contributed by atoms with Gasteiger partial charge in [-0.2, -0.15) is 0 Å². The van der Waals surface area contributed by atoms with Crippen LogP contribution in [-0.2, 0) is 11.2 Å². The summed E-state index contributed by atoms with van der Waals surface area (Å²) >= 11 is 0. The summed E-state index contributed by atoms with van der Waals surface area (Å²) in [6.45, 7) is 0.594. The van der Waals surface area contributed by atoms with Crippen LogP contribution in [0.5, 0.6) is 0 Å². The van der Waals surface area contributed by atoms with Crippen molar-refractivity contribution < 1.29 is 4.74 Å². The van der Waals surface area contributed by atoms with Crippen molar-refractivity contribution in [3.05, 3.63) is 66.5 Å². The topological polar surface area (TPSA) is 66.0 Å². The summed E-state index contributed by atoms with van der Waals surface area (Å²) in [5.74, 6) is 0.461. The maximum Gasteiger partial charge on any atom is 0.152 e. The predicted octanol–water partition coefficient (Wildman–Crippen LogP) is 3.60. The van der Waals surface area contributed by atoms with Gasteiger partial charge in [0.15, 0.2) is 5.82 Å². The number of rotatable bonds is 5. The van der Waals surface area contributed by atoms with Crippen LogP contribution in [0.2, 0.25) is 0 Å². The summed E-state index contributed by atoms with van der Waals surface area (Å²) in [7, 11) is 1.73. The van der Waals surface area contributed by atoms with E-state index in [1.165, 1.54) is 5.56 Å². The van der Waals surface area contributed by atoms with Gasteiger partial charge in [-0.15, -0.1) is 0 Å². The van der Waals surface area contributed by atoms with E-state index in [1.807, 2.05) is 30.6 Å². The van der Waals surface area contributed by atoms with E-state index in [0.29, 0.717) is 12.4 Å². The minimum absolute atomic E-state index is 0.127. The van der Waals surface area contributed by atoms with Crippen LogP contribution in [0.15, 0.2) is 60.9 Å². The molecule has 2 heterocycles. The molecule has 5 heteroatoms. The van der Waals surface area contributed by atoms with Gasteiger partial charge in [-0.1, -0.05) is 48.5 Å². The molecular formula is C20H20N4O. The zero-order valence-corrected chi connectivity index (χ0v) is 14.1. The van der Waals surface area contributed by atoms with Crippen LogP contribution in [0.3, 0.4) is 0 Å². The lowest BCUT2D eigenvalue weighted by atomic mass is 10.1. The molecule has 4 aromatic rings. The number of fused-ring (bicyclic) bond motifs is 3. The molecular weight excluding hydrogens is 312 g/mol. The third kappa shape index (κ3) is 2.83. The number of nitrogen functional groups attached to an aromatic ring is 1. The normalized spacial score (nSPS) is 12.7. The van der Waals surface area contributed by atoms with Crippen molar-refractivity contribution in [2.75, 3.05) is 19.5 Å². The lowest BCUT2D eigenvalue weighted by Gasteiger charge is -2.19. The van der Waals surface area contributed by atoms with E-state index in [9.17, 15) is 0 Å². The summed E-state index contributed by atoms with van der Waals surface area (Å²) in [4.78, 5) is 9.01. The molecule has 0 aliphatic heterocycles. The van der Waals surface area contributed by atoms with Crippen LogP contribution in [0.25, 0.3) is 21.9 Å². The van der Waals surface area contributed by atoms with Gasteiger partial charge in [-0.05, 0) is 18.1 Å². The molecule has 2 aromatic carbocycles. The molecule has 0 aliphatic carbocycles. The van der Waals surface area contributed by atoms with Gasteiger partial charge in [0, 0.05) is 12.5 Å². The fourth-order valence-electron chi connectivity index (χ4n) is 3.36. The fraction of sp³-hybridized carbons (Fsp3) is 0.200. The summed E-state index contributed by atoms with van der Waals surface area (Å²) in [5, 5.41) is 1.05. The molecule has 0 saturated carbocycles. The molecule has 0 radical (unpaired) electrons. The molecule has 0 spiro atoms. The third-order valence-corrected chi connectivity index (χ3v) is 4.50. The maximum atomic E-state index is 6.14. The van der Waals surface area contributed by atoms with Crippen LogP contribution in [0, 0.1) is 0 Å². The Hall–Kier alpha value is -2.92. The highest BCUT2D eigenvalue weighted by Crippen LogP contribution is 2.30. The Morgan fingerprint density at radius 3 is 2.64 bits per heavy atom. The Morgan fingerprint density at radius 1 is 1.08 bits per heavy atom. The number of methoxy groups -OCH3 is 1. The van der Waals surface area contributed by atoms with Crippen LogP contribution in [0.1, 0.15) is 11.6 Å². The Kier molecular flexibility index (Phi) is 4.07. The van der Waals surface area contributed by atoms with Crippen molar-refractivity contribution in [1.29, 1.82) is 0 Å². The molecule has 2 aromatic heterocycles. The van der Waals surface area contributed by atoms with Gasteiger partial charge < -0.3 is 15.0 Å². The van der Waals surface area contributed by atoms with Gasteiger partial charge >= 0.3 is 0 Å². The van der Waals surface area contributed by atoms with E-state index in [1.54, 1.807) is 7.11 Å². The number of nitrogens with zero attached hydrogens (tertiary/aromatic N) is 3. The fourth-order valence-corrected chi connectivity index (χ4v) is 3.36. The monoisotopic (exact) mass is 332 g/mol. The minimum Gasteiger partial charge on any atom is -0.383 e. The number of pyridine rings is 1. The summed E-state index contributed by atoms with van der Waals surface area (Å²) in [6, 6.07) is 18.6. The van der Waals surface area contributed by atoms with Crippen molar-refractivity contribution in [2.24, 2.45) is 0 Å². The predicted molar refractivity (Wildman–Crippen MR) is 101 cm³/mol. The summed E-state index contributed by atoms with van der Waals surface area (Å²) < 4.78 is 7.67. The number of nitrogens with two attached hydrogens (primary N) is 1. The number of imidazole rings is 1. The Bertz CT molecular complexity index is 1010. The number of benzene rings is 2. The molecule has 25 heavy (non-hydrogen) atoms. The van der Waals surface area contributed by atoms with Gasteiger partial charge in [0.05, 0.1) is 30.0 Å². The summed E-state index contributed by atoms with van der Waals surface area (Å²) in [6.07, 6.45) is 2.71. The molecule has 0 bridgehead atoms. The number of hydrogen-bond donors (Lipinski definition) is 1. The molecule has 0 saturated heterocycles. The highest BCUT2D eigenvalue weighted by atomic mass is 16.5. The van der Waals surface area contributed by atoms with Gasteiger partial charge in [0.1, 0.15) is 5.52 Å². The van der Waals surface area contributed by atoms with E-state index >= 15 is 0 Å². The van der Waals surface area contributed by atoms with Crippen molar-refractivity contribution >= 4 is 27.8 Å². The van der Waals surface area contributed by atoms with Gasteiger partial charge in [-0.25, -0.2) is 9.97 Å². The minimum atomic E-state index is 0.127. The van der Waals surface area contributed by atoms with E-state index in [0.717, 1.165) is 28.4 Å². The number of anilines is 1. The molecule has 0 fully saturated rings. The lowest BCUT2D eigenvalue weighted by molar-refractivity contribution is 0.156. The van der Waals surface area contributed by atoms with Crippen molar-refractivity contribution in [1.82, 2.24) is 14.5 Å². The van der Waals surface area contributed by atoms with Crippen LogP contribution in [0.4, 0.5) is 5.82 Å². The molecule has 2 N–H and O–H groups in total. The average molecular weight is 332 g/mol. The van der Waals surface area contributed by atoms with Crippen molar-refractivity contribution in [3.63, 3.8) is 0 Å². The van der Waals surface area contributed by atoms with E-state index < -0.39 is 0 Å². The maximum absolute atomic E-state index is 6.14. The van der Waals surface area contributed by atoms with Crippen LogP contribution >= 0.6 is 0 Å². The van der Waals surface area contributed by atoms with Crippen molar-refractivity contribution in [2.45, 2.75) is 12.5 Å². The Morgan fingerprint density at radius 2 is 1.84 bits per heavy atom. The quantitative estimate of drug-likeness (QED) is 0.606. The van der Waals surface area contributed by atoms with E-state index in [-0.39, 0.29) is 6.04 Å². The number of ether oxygens (including phenoxy) is 1. The molecule has 4 rings (SSSR count). The summed E-state index contributed by atoms with van der Waals surface area (Å²) in [5.41, 5.74) is 10.0. The van der Waals surface area contributed by atoms with E-state index in [2.05, 4.69) is 44.9 Å².